The van der Waals surface area contributed by atoms with Crippen molar-refractivity contribution < 1.29 is 31.5 Å². The zero-order valence-electron chi connectivity index (χ0n) is 9.81. The van der Waals surface area contributed by atoms with Crippen LogP contribution in [0, 0.1) is 29.8 Å². The highest BCUT2D eigenvalue weighted by Gasteiger charge is 2.31. The highest BCUT2D eigenvalue weighted by atomic mass is 32.2. The van der Waals surface area contributed by atoms with Gasteiger partial charge in [0.25, 0.3) is 0 Å². The van der Waals surface area contributed by atoms with E-state index in [4.69, 9.17) is 11.5 Å². The van der Waals surface area contributed by atoms with E-state index >= 15 is 0 Å². The Morgan fingerprint density at radius 2 is 1.90 bits per heavy atom. The molecule has 0 amide bonds. The molecule has 0 radical (unpaired) electrons. The predicted octanol–water partition coefficient (Wildman–Crippen LogP) is 0.812. The van der Waals surface area contributed by atoms with Crippen molar-refractivity contribution in [2.75, 3.05) is 13.1 Å². The summed E-state index contributed by atoms with van der Waals surface area (Å²) in [7, 11) is -4.70. The quantitative estimate of drug-likeness (QED) is 0.645. The first-order valence-corrected chi connectivity index (χ1v) is 6.44. The lowest BCUT2D eigenvalue weighted by molar-refractivity contribution is -0.137. The number of hydrogen-bond donors (Lipinski definition) is 1. The fourth-order valence-electron chi connectivity index (χ4n) is 1.33. The minimum atomic E-state index is -4.70. The van der Waals surface area contributed by atoms with Gasteiger partial charge in [0.1, 0.15) is 11.4 Å². The van der Waals surface area contributed by atoms with E-state index < -0.39 is 51.4 Å². The summed E-state index contributed by atoms with van der Waals surface area (Å²) in [6.45, 7) is -1.70. The van der Waals surface area contributed by atoms with Gasteiger partial charge in [-0.15, -0.1) is 6.42 Å². The van der Waals surface area contributed by atoms with Crippen molar-refractivity contribution in [3.8, 4) is 12.3 Å². The number of halogens is 3. The number of carbonyl (C=O) groups is 1. The Bertz CT molecular complexity index is 682. The molecule has 1 N–H and O–H groups in total. The molecule has 0 heterocycles. The van der Waals surface area contributed by atoms with Crippen LogP contribution in [-0.2, 0) is 14.8 Å². The van der Waals surface area contributed by atoms with Crippen LogP contribution in [0.3, 0.4) is 0 Å². The second-order valence-electron chi connectivity index (χ2n) is 3.54. The van der Waals surface area contributed by atoms with Crippen LogP contribution in [0.5, 0.6) is 0 Å². The van der Waals surface area contributed by atoms with Gasteiger partial charge in [0.2, 0.25) is 10.0 Å². The lowest BCUT2D eigenvalue weighted by Gasteiger charge is -2.18. The molecular weight excluding hydrogens is 299 g/mol. The topological polar surface area (TPSA) is 74.7 Å². The number of sulfonamides is 1. The molecule has 0 aliphatic rings. The van der Waals surface area contributed by atoms with Crippen molar-refractivity contribution in [2.45, 2.75) is 4.90 Å². The lowest BCUT2D eigenvalue weighted by Crippen LogP contribution is -2.36. The molecule has 0 saturated heterocycles. The van der Waals surface area contributed by atoms with Gasteiger partial charge in [-0.2, -0.15) is 4.31 Å². The van der Waals surface area contributed by atoms with Gasteiger partial charge in [0, 0.05) is 0 Å². The summed E-state index contributed by atoms with van der Waals surface area (Å²) < 4.78 is 63.5. The van der Waals surface area contributed by atoms with E-state index in [-0.39, 0.29) is 4.31 Å². The standard InChI is InChI=1S/C11H8F3NO4S/c1-2-5-15(6-9(16)17)20(18,19)8-4-3-7(12)10(13)11(8)14/h1,3-4H,5-6H2,(H,16,17). The van der Waals surface area contributed by atoms with Gasteiger partial charge in [0.05, 0.1) is 6.54 Å². The Labute approximate surface area is 112 Å². The van der Waals surface area contributed by atoms with Gasteiger partial charge < -0.3 is 5.11 Å². The number of terminal acetylenes is 1. The summed E-state index contributed by atoms with van der Waals surface area (Å²) in [5, 5.41) is 8.59. The second-order valence-corrected chi connectivity index (χ2v) is 5.45. The number of hydrogen-bond acceptors (Lipinski definition) is 3. The van der Waals surface area contributed by atoms with Crippen molar-refractivity contribution in [3.63, 3.8) is 0 Å². The molecule has 0 aromatic heterocycles. The summed E-state index contributed by atoms with van der Waals surface area (Å²) in [6, 6.07) is 0.911. The third-order valence-electron chi connectivity index (χ3n) is 2.20. The largest absolute Gasteiger partial charge is 0.480 e. The lowest BCUT2D eigenvalue weighted by atomic mass is 10.3. The number of aliphatic carboxylic acids is 1. The molecular formula is C11H8F3NO4S. The van der Waals surface area contributed by atoms with Crippen LogP contribution in [0.15, 0.2) is 17.0 Å². The van der Waals surface area contributed by atoms with Gasteiger partial charge in [-0.05, 0) is 12.1 Å². The van der Waals surface area contributed by atoms with Crippen LogP contribution in [-0.4, -0.2) is 36.9 Å². The van der Waals surface area contributed by atoms with E-state index in [0.717, 1.165) is 0 Å². The molecule has 0 saturated carbocycles. The molecule has 20 heavy (non-hydrogen) atoms. The molecule has 1 aromatic carbocycles. The molecule has 0 aliphatic heterocycles. The maximum atomic E-state index is 13.5. The highest BCUT2D eigenvalue weighted by molar-refractivity contribution is 7.89. The van der Waals surface area contributed by atoms with E-state index in [1.807, 2.05) is 5.92 Å². The Balaban J connectivity index is 3.38. The van der Waals surface area contributed by atoms with E-state index in [2.05, 4.69) is 0 Å². The average Bonchev–Trinajstić information content (AvgIpc) is 2.34. The van der Waals surface area contributed by atoms with Crippen molar-refractivity contribution in [1.82, 2.24) is 4.31 Å². The van der Waals surface area contributed by atoms with Gasteiger partial charge in [-0.1, -0.05) is 5.92 Å². The van der Waals surface area contributed by atoms with Gasteiger partial charge in [-0.25, -0.2) is 21.6 Å². The number of benzene rings is 1. The van der Waals surface area contributed by atoms with Gasteiger partial charge in [-0.3, -0.25) is 4.79 Å². The Hall–Kier alpha value is -2.05. The molecule has 5 nitrogen and oxygen atoms in total. The van der Waals surface area contributed by atoms with Gasteiger partial charge >= 0.3 is 5.97 Å². The zero-order valence-corrected chi connectivity index (χ0v) is 10.6. The number of nitrogens with zero attached hydrogens (tertiary/aromatic N) is 1. The molecule has 0 spiro atoms. The van der Waals surface area contributed by atoms with Crippen LogP contribution < -0.4 is 0 Å². The van der Waals surface area contributed by atoms with Crippen LogP contribution in [0.1, 0.15) is 0 Å². The maximum absolute atomic E-state index is 13.5. The van der Waals surface area contributed by atoms with Crippen molar-refractivity contribution in [3.05, 3.63) is 29.6 Å². The SMILES string of the molecule is C#CCN(CC(=O)O)S(=O)(=O)c1ccc(F)c(F)c1F. The van der Waals surface area contributed by atoms with Crippen molar-refractivity contribution in [1.29, 1.82) is 0 Å². The second kappa shape index (κ2) is 5.94. The van der Waals surface area contributed by atoms with Crippen LogP contribution in [0.2, 0.25) is 0 Å². The minimum Gasteiger partial charge on any atom is -0.480 e. The van der Waals surface area contributed by atoms with E-state index in [0.29, 0.717) is 12.1 Å². The Kier molecular flexibility index (Phi) is 4.75. The van der Waals surface area contributed by atoms with E-state index in [9.17, 15) is 26.4 Å². The van der Waals surface area contributed by atoms with Crippen molar-refractivity contribution in [2.24, 2.45) is 0 Å². The predicted molar refractivity (Wildman–Crippen MR) is 61.5 cm³/mol. The molecule has 9 heteroatoms. The molecule has 0 bridgehead atoms. The fourth-order valence-corrected chi connectivity index (χ4v) is 2.68. The third kappa shape index (κ3) is 3.09. The minimum absolute atomic E-state index is 0.255. The van der Waals surface area contributed by atoms with Crippen LogP contribution >= 0.6 is 0 Å². The first-order valence-electron chi connectivity index (χ1n) is 5.00. The van der Waals surface area contributed by atoms with Crippen LogP contribution in [0.25, 0.3) is 0 Å². The number of rotatable bonds is 5. The Morgan fingerprint density at radius 1 is 1.30 bits per heavy atom. The summed E-state index contributed by atoms with van der Waals surface area (Å²) in [6.07, 6.45) is 4.90. The molecule has 108 valence electrons. The summed E-state index contributed by atoms with van der Waals surface area (Å²) >= 11 is 0. The fraction of sp³-hybridized carbons (Fsp3) is 0.182. The Morgan fingerprint density at radius 3 is 2.40 bits per heavy atom. The summed E-state index contributed by atoms with van der Waals surface area (Å²) in [5.41, 5.74) is 0. The molecule has 0 fully saturated rings. The summed E-state index contributed by atoms with van der Waals surface area (Å²) in [5.74, 6) is -5.12. The molecule has 1 aromatic rings. The first-order chi connectivity index (χ1) is 9.21. The maximum Gasteiger partial charge on any atom is 0.318 e. The normalized spacial score (nSPS) is 11.3. The first kappa shape index (κ1) is 16.0. The zero-order chi connectivity index (χ0) is 15.5. The third-order valence-corrected chi connectivity index (χ3v) is 4.01. The van der Waals surface area contributed by atoms with E-state index in [1.165, 1.54) is 0 Å². The van der Waals surface area contributed by atoms with E-state index in [1.54, 1.807) is 0 Å². The monoisotopic (exact) mass is 307 g/mol. The van der Waals surface area contributed by atoms with Crippen molar-refractivity contribution >= 4 is 16.0 Å². The van der Waals surface area contributed by atoms with Gasteiger partial charge in [0.15, 0.2) is 17.5 Å². The van der Waals surface area contributed by atoms with Crippen LogP contribution in [0.4, 0.5) is 13.2 Å². The molecule has 1 rings (SSSR count). The molecule has 0 aliphatic carbocycles. The molecule has 0 atom stereocenters. The smallest absolute Gasteiger partial charge is 0.318 e. The molecule has 0 unspecified atom stereocenters. The average molecular weight is 307 g/mol. The number of carboxylic acids is 1. The number of carboxylic acid groups (broad SMARTS) is 1. The summed E-state index contributed by atoms with van der Waals surface area (Å²) in [4.78, 5) is 9.38. The highest BCUT2D eigenvalue weighted by Crippen LogP contribution is 2.22.